The maximum Gasteiger partial charge on any atom is 0.323 e. The fourth-order valence-corrected chi connectivity index (χ4v) is 2.43. The van der Waals surface area contributed by atoms with Crippen LogP contribution in [0, 0.1) is 0 Å². The Morgan fingerprint density at radius 2 is 1.33 bits per heavy atom. The molecule has 27 heavy (non-hydrogen) atoms. The van der Waals surface area contributed by atoms with Crippen LogP contribution in [0.1, 0.15) is 20.8 Å². The number of hydrogen-bond acceptors (Lipinski definition) is 5. The monoisotopic (exact) mass is 374 g/mol. The van der Waals surface area contributed by atoms with Gasteiger partial charge in [0.2, 0.25) is 5.75 Å². The second-order valence-corrected chi connectivity index (χ2v) is 5.41. The molecule has 146 valence electrons. The SMILES string of the molecule is CCOc1cc(NC(=O)Nc2ccc(OC)cc2)cc(OCC)c1OCC. The van der Waals surface area contributed by atoms with Gasteiger partial charge in [0.15, 0.2) is 11.5 Å². The van der Waals surface area contributed by atoms with Crippen LogP contribution in [-0.2, 0) is 0 Å². The van der Waals surface area contributed by atoms with Gasteiger partial charge in [-0.3, -0.25) is 0 Å². The molecular weight excluding hydrogens is 348 g/mol. The van der Waals surface area contributed by atoms with Crippen LogP contribution < -0.4 is 29.6 Å². The molecule has 0 aliphatic heterocycles. The van der Waals surface area contributed by atoms with Crippen molar-refractivity contribution in [3.63, 3.8) is 0 Å². The molecule has 7 nitrogen and oxygen atoms in total. The number of benzene rings is 2. The topological polar surface area (TPSA) is 78.1 Å². The van der Waals surface area contributed by atoms with Crippen molar-refractivity contribution in [3.05, 3.63) is 36.4 Å². The molecule has 0 aromatic heterocycles. The van der Waals surface area contributed by atoms with Gasteiger partial charge in [0.1, 0.15) is 5.75 Å². The largest absolute Gasteiger partial charge is 0.497 e. The molecule has 7 heteroatoms. The van der Waals surface area contributed by atoms with Crippen LogP contribution in [0.15, 0.2) is 36.4 Å². The van der Waals surface area contributed by atoms with E-state index in [0.29, 0.717) is 48.4 Å². The highest BCUT2D eigenvalue weighted by molar-refractivity contribution is 6.00. The lowest BCUT2D eigenvalue weighted by Gasteiger charge is -2.17. The first kappa shape index (κ1) is 20.2. The molecule has 0 unspecified atom stereocenters. The van der Waals surface area contributed by atoms with Gasteiger partial charge in [-0.05, 0) is 45.0 Å². The highest BCUT2D eigenvalue weighted by Crippen LogP contribution is 2.40. The Bertz CT molecular complexity index is 720. The average molecular weight is 374 g/mol. The molecule has 0 heterocycles. The standard InChI is InChI=1S/C20H26N2O5/c1-5-25-17-12-15(13-18(26-6-2)19(17)27-7-3)22-20(23)21-14-8-10-16(24-4)11-9-14/h8-13H,5-7H2,1-4H3,(H2,21,22,23). The summed E-state index contributed by atoms with van der Waals surface area (Å²) in [6.45, 7) is 7.06. The number of hydrogen-bond donors (Lipinski definition) is 2. The molecule has 0 bridgehead atoms. The van der Waals surface area contributed by atoms with Gasteiger partial charge >= 0.3 is 6.03 Å². The molecule has 0 aliphatic rings. The smallest absolute Gasteiger partial charge is 0.323 e. The third-order valence-electron chi connectivity index (χ3n) is 3.51. The summed E-state index contributed by atoms with van der Waals surface area (Å²) in [5.41, 5.74) is 1.19. The first-order chi connectivity index (χ1) is 13.1. The van der Waals surface area contributed by atoms with E-state index >= 15 is 0 Å². The van der Waals surface area contributed by atoms with Gasteiger partial charge in [0, 0.05) is 17.8 Å². The van der Waals surface area contributed by atoms with Gasteiger partial charge in [0.05, 0.1) is 32.6 Å². The Kier molecular flexibility index (Phi) is 7.61. The maximum atomic E-state index is 12.3. The van der Waals surface area contributed by atoms with Crippen molar-refractivity contribution in [2.24, 2.45) is 0 Å². The first-order valence-corrected chi connectivity index (χ1v) is 8.89. The summed E-state index contributed by atoms with van der Waals surface area (Å²) in [4.78, 5) is 12.3. The van der Waals surface area contributed by atoms with Crippen LogP contribution in [0.25, 0.3) is 0 Å². The minimum absolute atomic E-state index is 0.380. The van der Waals surface area contributed by atoms with Crippen molar-refractivity contribution < 1.29 is 23.7 Å². The first-order valence-electron chi connectivity index (χ1n) is 8.89. The van der Waals surface area contributed by atoms with E-state index in [1.807, 2.05) is 20.8 Å². The normalized spacial score (nSPS) is 10.1. The number of anilines is 2. The molecule has 2 rings (SSSR count). The van der Waals surface area contributed by atoms with Gasteiger partial charge in [-0.15, -0.1) is 0 Å². The fourth-order valence-electron chi connectivity index (χ4n) is 2.43. The minimum Gasteiger partial charge on any atom is -0.497 e. The van der Waals surface area contributed by atoms with E-state index < -0.39 is 0 Å². The molecule has 0 saturated carbocycles. The second-order valence-electron chi connectivity index (χ2n) is 5.41. The van der Waals surface area contributed by atoms with Crippen LogP contribution >= 0.6 is 0 Å². The molecule has 0 saturated heterocycles. The molecule has 2 amide bonds. The van der Waals surface area contributed by atoms with Crippen molar-refractivity contribution in [1.29, 1.82) is 0 Å². The Hall–Kier alpha value is -3.09. The predicted octanol–water partition coefficient (Wildman–Crippen LogP) is 4.54. The van der Waals surface area contributed by atoms with E-state index in [1.54, 1.807) is 43.5 Å². The molecule has 0 aliphatic carbocycles. The van der Waals surface area contributed by atoms with Crippen molar-refractivity contribution >= 4 is 17.4 Å². The van der Waals surface area contributed by atoms with E-state index in [0.717, 1.165) is 5.75 Å². The number of carbonyl (C=O) groups excluding carboxylic acids is 1. The lowest BCUT2D eigenvalue weighted by molar-refractivity contribution is 0.260. The van der Waals surface area contributed by atoms with E-state index in [2.05, 4.69) is 10.6 Å². The highest BCUT2D eigenvalue weighted by Gasteiger charge is 2.16. The van der Waals surface area contributed by atoms with Gasteiger partial charge in [-0.25, -0.2) is 4.79 Å². The van der Waals surface area contributed by atoms with Crippen LogP contribution in [0.3, 0.4) is 0 Å². The van der Waals surface area contributed by atoms with Gasteiger partial charge in [-0.2, -0.15) is 0 Å². The number of amides is 2. The highest BCUT2D eigenvalue weighted by atomic mass is 16.5. The quantitative estimate of drug-likeness (QED) is 0.674. The molecule has 0 spiro atoms. The van der Waals surface area contributed by atoms with Crippen LogP contribution in [0.2, 0.25) is 0 Å². The Morgan fingerprint density at radius 1 is 0.815 bits per heavy atom. The van der Waals surface area contributed by atoms with Crippen molar-refractivity contribution in [2.75, 3.05) is 37.6 Å². The lowest BCUT2D eigenvalue weighted by atomic mass is 10.2. The van der Waals surface area contributed by atoms with E-state index in [9.17, 15) is 4.79 Å². The zero-order valence-electron chi connectivity index (χ0n) is 16.1. The van der Waals surface area contributed by atoms with Crippen molar-refractivity contribution in [2.45, 2.75) is 20.8 Å². The summed E-state index contributed by atoms with van der Waals surface area (Å²) < 4.78 is 22.1. The zero-order valence-corrected chi connectivity index (χ0v) is 16.1. The summed E-state index contributed by atoms with van der Waals surface area (Å²) in [5, 5.41) is 5.56. The van der Waals surface area contributed by atoms with Crippen molar-refractivity contribution in [3.8, 4) is 23.0 Å². The summed E-state index contributed by atoms with van der Waals surface area (Å²) in [6, 6.07) is 10.1. The minimum atomic E-state index is -0.380. The molecule has 2 aromatic rings. The average Bonchev–Trinajstić information content (AvgIpc) is 2.65. The summed E-state index contributed by atoms with van der Waals surface area (Å²) >= 11 is 0. The Balaban J connectivity index is 2.18. The summed E-state index contributed by atoms with van der Waals surface area (Å²) in [6.07, 6.45) is 0. The van der Waals surface area contributed by atoms with Gasteiger partial charge in [-0.1, -0.05) is 0 Å². The number of methoxy groups -OCH3 is 1. The third-order valence-corrected chi connectivity index (χ3v) is 3.51. The van der Waals surface area contributed by atoms with E-state index in [1.165, 1.54) is 0 Å². The number of rotatable bonds is 9. The molecule has 2 aromatic carbocycles. The second kappa shape index (κ2) is 10.2. The Labute approximate surface area is 159 Å². The molecule has 2 N–H and O–H groups in total. The lowest BCUT2D eigenvalue weighted by Crippen LogP contribution is -2.19. The van der Waals surface area contributed by atoms with Crippen LogP contribution in [-0.4, -0.2) is 33.0 Å². The predicted molar refractivity (Wildman–Crippen MR) is 106 cm³/mol. The summed E-state index contributed by atoms with van der Waals surface area (Å²) in [5.74, 6) is 2.28. The molecule has 0 atom stereocenters. The number of urea groups is 1. The summed E-state index contributed by atoms with van der Waals surface area (Å²) in [7, 11) is 1.59. The molecular formula is C20H26N2O5. The zero-order chi connectivity index (χ0) is 19.6. The van der Waals surface area contributed by atoms with Crippen LogP contribution in [0.5, 0.6) is 23.0 Å². The number of nitrogens with one attached hydrogen (secondary N) is 2. The maximum absolute atomic E-state index is 12.3. The molecule has 0 radical (unpaired) electrons. The fraction of sp³-hybridized carbons (Fsp3) is 0.350. The van der Waals surface area contributed by atoms with E-state index in [-0.39, 0.29) is 6.03 Å². The van der Waals surface area contributed by atoms with Gasteiger partial charge < -0.3 is 29.6 Å². The van der Waals surface area contributed by atoms with Crippen molar-refractivity contribution in [1.82, 2.24) is 0 Å². The number of carbonyl (C=O) groups is 1. The molecule has 0 fully saturated rings. The Morgan fingerprint density at radius 3 is 1.81 bits per heavy atom. The van der Waals surface area contributed by atoms with E-state index in [4.69, 9.17) is 18.9 Å². The van der Waals surface area contributed by atoms with Crippen LogP contribution in [0.4, 0.5) is 16.2 Å². The third kappa shape index (κ3) is 5.70. The number of ether oxygens (including phenoxy) is 4. The van der Waals surface area contributed by atoms with Gasteiger partial charge in [0.25, 0.3) is 0 Å².